The molecule has 1 atom stereocenters. The van der Waals surface area contributed by atoms with E-state index >= 15 is 0 Å². The zero-order valence-electron chi connectivity index (χ0n) is 12.7. The highest BCUT2D eigenvalue weighted by atomic mass is 32.2. The molecule has 0 aliphatic carbocycles. The predicted molar refractivity (Wildman–Crippen MR) is 82.6 cm³/mol. The van der Waals surface area contributed by atoms with E-state index in [2.05, 4.69) is 15.1 Å². The van der Waals surface area contributed by atoms with Crippen LogP contribution in [0.2, 0.25) is 0 Å². The molecule has 1 aliphatic heterocycles. The average molecular weight is 321 g/mol. The highest BCUT2D eigenvalue weighted by molar-refractivity contribution is 7.88. The molecule has 118 valence electrons. The van der Waals surface area contributed by atoms with Crippen molar-refractivity contribution in [2.45, 2.75) is 18.8 Å². The first kappa shape index (κ1) is 15.1. The first-order valence-corrected chi connectivity index (χ1v) is 9.04. The summed E-state index contributed by atoms with van der Waals surface area (Å²) in [7, 11) is -1.30. The molecule has 0 saturated carbocycles. The Balaban J connectivity index is 1.86. The molecule has 22 heavy (non-hydrogen) atoms. The molecule has 1 aliphatic rings. The summed E-state index contributed by atoms with van der Waals surface area (Å²) in [6.07, 6.45) is 10.1. The maximum Gasteiger partial charge on any atom is 0.211 e. The van der Waals surface area contributed by atoms with Crippen LogP contribution in [0.4, 0.5) is 0 Å². The monoisotopic (exact) mass is 321 g/mol. The average Bonchev–Trinajstić information content (AvgIpc) is 2.93. The van der Waals surface area contributed by atoms with Gasteiger partial charge in [-0.15, -0.1) is 0 Å². The van der Waals surface area contributed by atoms with Crippen LogP contribution in [-0.4, -0.2) is 51.8 Å². The molecule has 0 radical (unpaired) electrons. The normalized spacial score (nSPS) is 20.2. The Labute approximate surface area is 130 Å². The SMILES string of the molecule is Cn1cc(-c2cncc([C@@H]3CCCN(S(C)(=O)=O)C3)n2)cn1. The Morgan fingerprint density at radius 2 is 2.09 bits per heavy atom. The van der Waals surface area contributed by atoms with Gasteiger partial charge in [0, 0.05) is 44.0 Å². The lowest BCUT2D eigenvalue weighted by Gasteiger charge is -2.30. The van der Waals surface area contributed by atoms with Crippen molar-refractivity contribution in [1.29, 1.82) is 0 Å². The van der Waals surface area contributed by atoms with E-state index in [0.29, 0.717) is 13.1 Å². The van der Waals surface area contributed by atoms with E-state index in [9.17, 15) is 8.42 Å². The van der Waals surface area contributed by atoms with Crippen molar-refractivity contribution >= 4 is 10.0 Å². The largest absolute Gasteiger partial charge is 0.275 e. The molecule has 3 heterocycles. The summed E-state index contributed by atoms with van der Waals surface area (Å²) >= 11 is 0. The second-order valence-electron chi connectivity index (χ2n) is 5.69. The van der Waals surface area contributed by atoms with Gasteiger partial charge in [0.1, 0.15) is 0 Å². The van der Waals surface area contributed by atoms with Crippen molar-refractivity contribution in [3.8, 4) is 11.3 Å². The lowest BCUT2D eigenvalue weighted by Crippen LogP contribution is -2.38. The van der Waals surface area contributed by atoms with Gasteiger partial charge in [0.05, 0.1) is 30.0 Å². The third-order valence-corrected chi connectivity index (χ3v) is 5.19. The van der Waals surface area contributed by atoms with Crippen molar-refractivity contribution < 1.29 is 8.42 Å². The fourth-order valence-electron chi connectivity index (χ4n) is 2.76. The molecule has 0 unspecified atom stereocenters. The van der Waals surface area contributed by atoms with E-state index in [1.54, 1.807) is 23.3 Å². The molecule has 0 amide bonds. The Hall–Kier alpha value is -1.80. The number of nitrogens with zero attached hydrogens (tertiary/aromatic N) is 5. The molecule has 1 fully saturated rings. The lowest BCUT2D eigenvalue weighted by molar-refractivity contribution is 0.314. The van der Waals surface area contributed by atoms with Gasteiger partial charge in [0.25, 0.3) is 0 Å². The van der Waals surface area contributed by atoms with Gasteiger partial charge in [-0.05, 0) is 12.8 Å². The topological polar surface area (TPSA) is 81.0 Å². The van der Waals surface area contributed by atoms with Crippen LogP contribution in [0.25, 0.3) is 11.3 Å². The maximum absolute atomic E-state index is 11.7. The van der Waals surface area contributed by atoms with E-state index in [1.807, 2.05) is 13.2 Å². The Morgan fingerprint density at radius 3 is 2.77 bits per heavy atom. The highest BCUT2D eigenvalue weighted by Crippen LogP contribution is 2.27. The molecule has 0 spiro atoms. The molecule has 0 N–H and O–H groups in total. The van der Waals surface area contributed by atoms with E-state index < -0.39 is 10.0 Å². The van der Waals surface area contributed by atoms with Crippen LogP contribution in [0, 0.1) is 0 Å². The summed E-state index contributed by atoms with van der Waals surface area (Å²) in [5.41, 5.74) is 2.52. The number of hydrogen-bond acceptors (Lipinski definition) is 5. The quantitative estimate of drug-likeness (QED) is 0.843. The van der Waals surface area contributed by atoms with Gasteiger partial charge in [0.2, 0.25) is 10.0 Å². The zero-order valence-corrected chi connectivity index (χ0v) is 13.5. The van der Waals surface area contributed by atoms with Crippen molar-refractivity contribution in [3.05, 3.63) is 30.5 Å². The molecular formula is C14H19N5O2S. The second kappa shape index (κ2) is 5.77. The molecule has 2 aromatic heterocycles. The van der Waals surface area contributed by atoms with Crippen molar-refractivity contribution in [2.24, 2.45) is 7.05 Å². The molecule has 0 aromatic carbocycles. The summed E-state index contributed by atoms with van der Waals surface area (Å²) in [5.74, 6) is 0.0904. The minimum Gasteiger partial charge on any atom is -0.275 e. The Bertz CT molecular complexity index is 771. The Kier molecular flexibility index (Phi) is 3.96. The van der Waals surface area contributed by atoms with Crippen LogP contribution >= 0.6 is 0 Å². The van der Waals surface area contributed by atoms with Crippen LogP contribution < -0.4 is 0 Å². The van der Waals surface area contributed by atoms with E-state index in [1.165, 1.54) is 10.6 Å². The van der Waals surface area contributed by atoms with Crippen LogP contribution in [0.3, 0.4) is 0 Å². The first-order valence-electron chi connectivity index (χ1n) is 7.19. The van der Waals surface area contributed by atoms with Crippen LogP contribution in [0.15, 0.2) is 24.8 Å². The highest BCUT2D eigenvalue weighted by Gasteiger charge is 2.27. The number of piperidine rings is 1. The summed E-state index contributed by atoms with van der Waals surface area (Å²) in [5, 5.41) is 4.14. The summed E-state index contributed by atoms with van der Waals surface area (Å²) in [4.78, 5) is 8.92. The summed E-state index contributed by atoms with van der Waals surface area (Å²) in [6.45, 7) is 1.06. The molecule has 8 heteroatoms. The molecule has 3 rings (SSSR count). The van der Waals surface area contributed by atoms with Gasteiger partial charge >= 0.3 is 0 Å². The van der Waals surface area contributed by atoms with Gasteiger partial charge in [-0.3, -0.25) is 9.67 Å². The van der Waals surface area contributed by atoms with E-state index in [4.69, 9.17) is 0 Å². The van der Waals surface area contributed by atoms with Gasteiger partial charge < -0.3 is 0 Å². The first-order chi connectivity index (χ1) is 10.4. The molecule has 1 saturated heterocycles. The number of hydrogen-bond donors (Lipinski definition) is 0. The second-order valence-corrected chi connectivity index (χ2v) is 7.67. The van der Waals surface area contributed by atoms with Crippen LogP contribution in [0.5, 0.6) is 0 Å². The fraction of sp³-hybridized carbons (Fsp3) is 0.500. The third kappa shape index (κ3) is 3.17. The minimum atomic E-state index is -3.15. The standard InChI is InChI=1S/C14H19N5O2S/c1-18-9-12(6-16-18)14-8-15-7-13(17-14)11-4-3-5-19(10-11)22(2,20)21/h6-9,11H,3-5,10H2,1-2H3/t11-/m1/s1. The third-order valence-electron chi connectivity index (χ3n) is 3.93. The van der Waals surface area contributed by atoms with Crippen molar-refractivity contribution in [3.63, 3.8) is 0 Å². The smallest absolute Gasteiger partial charge is 0.211 e. The lowest BCUT2D eigenvalue weighted by atomic mass is 9.96. The number of aromatic nitrogens is 4. The number of rotatable bonds is 3. The maximum atomic E-state index is 11.7. The van der Waals surface area contributed by atoms with E-state index in [0.717, 1.165) is 29.8 Å². The van der Waals surface area contributed by atoms with E-state index in [-0.39, 0.29) is 5.92 Å². The van der Waals surface area contributed by atoms with Crippen LogP contribution in [-0.2, 0) is 17.1 Å². The zero-order chi connectivity index (χ0) is 15.7. The summed E-state index contributed by atoms with van der Waals surface area (Å²) < 4.78 is 26.7. The van der Waals surface area contributed by atoms with Gasteiger partial charge in [-0.25, -0.2) is 17.7 Å². The minimum absolute atomic E-state index is 0.0904. The molecule has 2 aromatic rings. The molecule has 0 bridgehead atoms. The van der Waals surface area contributed by atoms with Gasteiger partial charge in [-0.1, -0.05) is 0 Å². The van der Waals surface area contributed by atoms with Crippen LogP contribution in [0.1, 0.15) is 24.5 Å². The van der Waals surface area contributed by atoms with Crippen molar-refractivity contribution in [1.82, 2.24) is 24.1 Å². The fourth-order valence-corrected chi connectivity index (χ4v) is 3.67. The predicted octanol–water partition coefficient (Wildman–Crippen LogP) is 1.02. The number of sulfonamides is 1. The molecular weight excluding hydrogens is 302 g/mol. The van der Waals surface area contributed by atoms with Gasteiger partial charge in [-0.2, -0.15) is 5.10 Å². The van der Waals surface area contributed by atoms with Crippen molar-refractivity contribution in [2.75, 3.05) is 19.3 Å². The molecule has 7 nitrogen and oxygen atoms in total. The van der Waals surface area contributed by atoms with Gasteiger partial charge in [0.15, 0.2) is 0 Å². The summed E-state index contributed by atoms with van der Waals surface area (Å²) in [6, 6.07) is 0. The Morgan fingerprint density at radius 1 is 1.27 bits per heavy atom. The number of aryl methyl sites for hydroxylation is 1.